The average Bonchev–Trinajstić information content (AvgIpc) is 3.18. The molecule has 0 aliphatic carbocycles. The van der Waals surface area contributed by atoms with Crippen molar-refractivity contribution in [3.63, 3.8) is 0 Å². The third kappa shape index (κ3) is 5.08. The van der Waals surface area contributed by atoms with Gasteiger partial charge in [0.2, 0.25) is 6.79 Å². The summed E-state index contributed by atoms with van der Waals surface area (Å²) in [5.41, 5.74) is 3.44. The van der Waals surface area contributed by atoms with Gasteiger partial charge in [0, 0.05) is 11.3 Å². The molecule has 0 bridgehead atoms. The number of nitrogens with one attached hydrogen (secondary N) is 3. The largest absolute Gasteiger partial charge is 0.454 e. The molecule has 6 nitrogen and oxygen atoms in total. The number of anilines is 1. The Bertz CT molecular complexity index is 843. The molecule has 6 heteroatoms. The molecule has 3 N–H and O–H groups in total. The van der Waals surface area contributed by atoms with Gasteiger partial charge in [0.05, 0.1) is 0 Å². The van der Waals surface area contributed by atoms with Crippen molar-refractivity contribution in [2.75, 3.05) is 44.8 Å². The average molecular weight is 398 g/mol. The highest BCUT2D eigenvalue weighted by molar-refractivity contribution is 5.91. The van der Waals surface area contributed by atoms with E-state index in [0.717, 1.165) is 49.9 Å². The summed E-state index contributed by atoms with van der Waals surface area (Å²) in [5, 5.41) is 3.04. The molecule has 0 spiro atoms. The summed E-state index contributed by atoms with van der Waals surface area (Å²) >= 11 is 0. The number of ether oxygens (including phenoxy) is 2. The van der Waals surface area contributed by atoms with Crippen molar-refractivity contribution in [2.24, 2.45) is 0 Å². The van der Waals surface area contributed by atoms with E-state index in [-0.39, 0.29) is 5.91 Å². The molecule has 1 fully saturated rings. The van der Waals surface area contributed by atoms with Gasteiger partial charge in [0.15, 0.2) is 18.0 Å². The molecule has 2 aliphatic rings. The fraction of sp³-hybridized carbons (Fsp3) is 0.435. The molecular formula is C23H31N3O3+2. The Morgan fingerprint density at radius 2 is 1.66 bits per heavy atom. The van der Waals surface area contributed by atoms with Crippen LogP contribution in [0.3, 0.4) is 0 Å². The van der Waals surface area contributed by atoms with Crippen molar-refractivity contribution >= 4 is 11.6 Å². The van der Waals surface area contributed by atoms with E-state index in [1.165, 1.54) is 16.0 Å². The molecule has 4 rings (SSSR count). The molecule has 2 aromatic rings. The minimum atomic E-state index is 0.0940. The number of amides is 1. The Morgan fingerprint density at radius 1 is 0.966 bits per heavy atom. The van der Waals surface area contributed by atoms with Crippen molar-refractivity contribution in [1.29, 1.82) is 0 Å². The number of hydrogen-bond donors (Lipinski definition) is 3. The Hall–Kier alpha value is -2.57. The monoisotopic (exact) mass is 397 g/mol. The highest BCUT2D eigenvalue weighted by Crippen LogP contribution is 2.32. The van der Waals surface area contributed by atoms with Crippen LogP contribution >= 0.6 is 0 Å². The van der Waals surface area contributed by atoms with Crippen molar-refractivity contribution < 1.29 is 24.1 Å². The molecule has 0 radical (unpaired) electrons. The third-order valence-corrected chi connectivity index (χ3v) is 5.83. The van der Waals surface area contributed by atoms with E-state index in [1.54, 1.807) is 4.90 Å². The molecule has 1 amide bonds. The second-order valence-electron chi connectivity index (χ2n) is 8.37. The maximum absolute atomic E-state index is 12.4. The number of benzene rings is 2. The van der Waals surface area contributed by atoms with Gasteiger partial charge in [-0.25, -0.2) is 0 Å². The second-order valence-corrected chi connectivity index (χ2v) is 8.37. The molecule has 0 atom stereocenters. The summed E-state index contributed by atoms with van der Waals surface area (Å²) in [6.07, 6.45) is 0. The number of hydrogen-bond acceptors (Lipinski definition) is 3. The first-order valence-electron chi connectivity index (χ1n) is 10.5. The molecule has 0 unspecified atom stereocenters. The van der Waals surface area contributed by atoms with Gasteiger partial charge < -0.3 is 24.6 Å². The van der Waals surface area contributed by atoms with E-state index in [9.17, 15) is 4.79 Å². The van der Waals surface area contributed by atoms with Gasteiger partial charge in [-0.3, -0.25) is 4.79 Å². The summed E-state index contributed by atoms with van der Waals surface area (Å²) < 4.78 is 10.9. The van der Waals surface area contributed by atoms with Crippen LogP contribution in [0.25, 0.3) is 0 Å². The van der Waals surface area contributed by atoms with Gasteiger partial charge in [-0.1, -0.05) is 26.0 Å². The van der Waals surface area contributed by atoms with Crippen molar-refractivity contribution in [1.82, 2.24) is 0 Å². The number of rotatable bonds is 6. The summed E-state index contributed by atoms with van der Waals surface area (Å²) in [4.78, 5) is 15.3. The van der Waals surface area contributed by atoms with Crippen LogP contribution in [0.1, 0.15) is 30.9 Å². The van der Waals surface area contributed by atoms with Crippen LogP contribution < -0.4 is 24.6 Å². The quantitative estimate of drug-likeness (QED) is 0.664. The van der Waals surface area contributed by atoms with E-state index in [1.807, 2.05) is 18.2 Å². The van der Waals surface area contributed by atoms with Gasteiger partial charge in [0.25, 0.3) is 5.91 Å². The van der Waals surface area contributed by atoms with Crippen LogP contribution in [0.15, 0.2) is 42.5 Å². The lowest BCUT2D eigenvalue weighted by molar-refractivity contribution is -1.02. The summed E-state index contributed by atoms with van der Waals surface area (Å²) in [6, 6.07) is 14.4. The highest BCUT2D eigenvalue weighted by atomic mass is 16.7. The Labute approximate surface area is 172 Å². The third-order valence-electron chi connectivity index (χ3n) is 5.83. The van der Waals surface area contributed by atoms with E-state index >= 15 is 0 Å². The number of fused-ring (bicyclic) bond motifs is 1. The topological polar surface area (TPSA) is 56.4 Å². The summed E-state index contributed by atoms with van der Waals surface area (Å²) in [5.74, 6) is 2.28. The number of carbonyl (C=O) groups excluding carboxylic acids is 1. The number of piperazine rings is 1. The molecule has 1 saturated heterocycles. The van der Waals surface area contributed by atoms with Gasteiger partial charge in [0.1, 0.15) is 32.7 Å². The number of quaternary nitrogens is 2. The van der Waals surface area contributed by atoms with E-state index in [4.69, 9.17) is 9.47 Å². The van der Waals surface area contributed by atoms with Crippen LogP contribution in [0.2, 0.25) is 0 Å². The van der Waals surface area contributed by atoms with Crippen LogP contribution in [-0.2, 0) is 11.3 Å². The van der Waals surface area contributed by atoms with Gasteiger partial charge in [-0.05, 0) is 41.8 Å². The Balaban J connectivity index is 1.21. The SMILES string of the molecule is CC(C)c1ccc(NC(=O)C[NH+]2CC[NH+](Cc3ccc4c(c3)OCO4)CC2)cc1. The molecule has 2 heterocycles. The Morgan fingerprint density at radius 3 is 2.38 bits per heavy atom. The maximum Gasteiger partial charge on any atom is 0.279 e. The van der Waals surface area contributed by atoms with Crippen molar-refractivity contribution in [3.8, 4) is 11.5 Å². The zero-order valence-electron chi connectivity index (χ0n) is 17.3. The zero-order valence-corrected chi connectivity index (χ0v) is 17.3. The first-order chi connectivity index (χ1) is 14.1. The van der Waals surface area contributed by atoms with Gasteiger partial charge in [-0.2, -0.15) is 0 Å². The summed E-state index contributed by atoms with van der Waals surface area (Å²) in [6.45, 7) is 10.3. The minimum absolute atomic E-state index is 0.0940. The first-order valence-corrected chi connectivity index (χ1v) is 10.5. The molecule has 2 aromatic carbocycles. The summed E-state index contributed by atoms with van der Waals surface area (Å²) in [7, 11) is 0. The predicted molar refractivity (Wildman–Crippen MR) is 112 cm³/mol. The maximum atomic E-state index is 12.4. The Kier molecular flexibility index (Phi) is 6.02. The fourth-order valence-corrected chi connectivity index (χ4v) is 4.03. The lowest BCUT2D eigenvalue weighted by Gasteiger charge is -2.29. The molecule has 0 saturated carbocycles. The van der Waals surface area contributed by atoms with E-state index < -0.39 is 0 Å². The standard InChI is InChI=1S/C23H29N3O3/c1-17(2)19-4-6-20(7-5-19)24-23(27)15-26-11-9-25(10-12-26)14-18-3-8-21-22(13-18)29-16-28-21/h3-8,13,17H,9-12,14-16H2,1-2H3,(H,24,27)/p+2. The number of carbonyl (C=O) groups is 1. The van der Waals surface area contributed by atoms with Gasteiger partial charge in [-0.15, -0.1) is 0 Å². The molecule has 154 valence electrons. The second kappa shape index (κ2) is 8.84. The predicted octanol–water partition coefficient (Wildman–Crippen LogP) is 0.461. The molecular weight excluding hydrogens is 366 g/mol. The van der Waals surface area contributed by atoms with Crippen LogP contribution in [0.4, 0.5) is 5.69 Å². The van der Waals surface area contributed by atoms with Crippen LogP contribution in [0.5, 0.6) is 11.5 Å². The molecule has 2 aliphatic heterocycles. The molecule has 29 heavy (non-hydrogen) atoms. The lowest BCUT2D eigenvalue weighted by Crippen LogP contribution is -3.28. The van der Waals surface area contributed by atoms with Crippen LogP contribution in [0, 0.1) is 0 Å². The van der Waals surface area contributed by atoms with Crippen LogP contribution in [-0.4, -0.2) is 45.4 Å². The minimum Gasteiger partial charge on any atom is -0.454 e. The van der Waals surface area contributed by atoms with Gasteiger partial charge >= 0.3 is 0 Å². The zero-order chi connectivity index (χ0) is 20.2. The van der Waals surface area contributed by atoms with E-state index in [0.29, 0.717) is 19.3 Å². The fourth-order valence-electron chi connectivity index (χ4n) is 4.03. The van der Waals surface area contributed by atoms with Crippen molar-refractivity contribution in [2.45, 2.75) is 26.3 Å². The van der Waals surface area contributed by atoms with E-state index in [2.05, 4.69) is 43.4 Å². The highest BCUT2D eigenvalue weighted by Gasteiger charge is 2.25. The lowest BCUT2D eigenvalue weighted by atomic mass is 10.0. The smallest absolute Gasteiger partial charge is 0.279 e. The normalized spacial score (nSPS) is 20.7. The van der Waals surface area contributed by atoms with Crippen molar-refractivity contribution in [3.05, 3.63) is 53.6 Å². The first kappa shape index (κ1) is 19.7. The molecule has 0 aromatic heterocycles.